The number of aromatic amines is 1. The fraction of sp³-hybridized carbons (Fsp3) is 0.645. The van der Waals surface area contributed by atoms with E-state index in [1.165, 1.54) is 11.9 Å². The van der Waals surface area contributed by atoms with Crippen molar-refractivity contribution in [3.05, 3.63) is 35.9 Å². The van der Waals surface area contributed by atoms with E-state index in [0.717, 1.165) is 42.5 Å². The van der Waals surface area contributed by atoms with Gasteiger partial charge in [-0.3, -0.25) is 4.90 Å². The molecule has 4 atom stereocenters. The average Bonchev–Trinajstić information content (AvgIpc) is 3.63. The second-order valence-corrected chi connectivity index (χ2v) is 13.4. The van der Waals surface area contributed by atoms with E-state index in [1.807, 2.05) is 0 Å². The molecule has 1 saturated carbocycles. The van der Waals surface area contributed by atoms with Gasteiger partial charge in [-0.1, -0.05) is 19.9 Å². The predicted molar refractivity (Wildman–Crippen MR) is 166 cm³/mol. The van der Waals surface area contributed by atoms with Gasteiger partial charge in [-0.15, -0.1) is 0 Å². The van der Waals surface area contributed by atoms with Gasteiger partial charge in [0.1, 0.15) is 36.2 Å². The summed E-state index contributed by atoms with van der Waals surface area (Å²) in [6.07, 6.45) is 2.29. The smallest absolute Gasteiger partial charge is 0.162 e. The lowest BCUT2D eigenvalue weighted by Gasteiger charge is -2.46. The van der Waals surface area contributed by atoms with E-state index in [0.29, 0.717) is 49.1 Å². The Kier molecular flexibility index (Phi) is 8.24. The van der Waals surface area contributed by atoms with Crippen LogP contribution in [0.1, 0.15) is 58.3 Å². The molecule has 4 heterocycles. The number of nitrogens with two attached hydrogens (primary N) is 1. The molecule has 2 aromatic heterocycles. The summed E-state index contributed by atoms with van der Waals surface area (Å²) in [5, 5.41) is 25.1. The van der Waals surface area contributed by atoms with Crippen molar-refractivity contribution in [1.82, 2.24) is 24.8 Å². The number of rotatable bonds is 11. The maximum atomic E-state index is 11.0. The van der Waals surface area contributed by atoms with Crippen LogP contribution in [0.25, 0.3) is 11.0 Å². The van der Waals surface area contributed by atoms with Gasteiger partial charge in [0.2, 0.25) is 0 Å². The van der Waals surface area contributed by atoms with Crippen molar-refractivity contribution in [2.45, 2.75) is 95.4 Å². The maximum Gasteiger partial charge on any atom is 0.162 e. The third kappa shape index (κ3) is 5.78. The first-order valence-electron chi connectivity index (χ1n) is 15.4. The molecule has 3 aromatic rings. The molecule has 234 valence electrons. The van der Waals surface area contributed by atoms with E-state index >= 15 is 0 Å². The molecule has 12 nitrogen and oxygen atoms in total. The molecular formula is C31H46N8O4. The van der Waals surface area contributed by atoms with E-state index in [9.17, 15) is 10.2 Å². The largest absolute Gasteiger partial charge is 0.387 e. The monoisotopic (exact) mass is 594 g/mol. The maximum absolute atomic E-state index is 11.0. The molecule has 43 heavy (non-hydrogen) atoms. The number of aliphatic hydroxyl groups excluding tert-OH is 2. The van der Waals surface area contributed by atoms with Gasteiger partial charge < -0.3 is 40.6 Å². The van der Waals surface area contributed by atoms with Crippen molar-refractivity contribution in [2.75, 3.05) is 42.9 Å². The first-order chi connectivity index (χ1) is 20.6. The summed E-state index contributed by atoms with van der Waals surface area (Å²) in [6, 6.07) is 7.16. The van der Waals surface area contributed by atoms with Crippen LogP contribution in [0, 0.1) is 5.92 Å². The van der Waals surface area contributed by atoms with Crippen LogP contribution in [-0.2, 0) is 21.3 Å². The topological polar surface area (TPSA) is 158 Å². The minimum absolute atomic E-state index is 0.0592. The Morgan fingerprint density at radius 1 is 1.21 bits per heavy atom. The molecule has 0 spiro atoms. The zero-order chi connectivity index (χ0) is 30.5. The lowest BCUT2D eigenvalue weighted by molar-refractivity contribution is -0.0429. The molecule has 6 N–H and O–H groups in total. The van der Waals surface area contributed by atoms with E-state index in [2.05, 4.69) is 71.1 Å². The van der Waals surface area contributed by atoms with Crippen LogP contribution in [0.2, 0.25) is 0 Å². The number of aliphatic hydroxyl groups is 2. The second-order valence-electron chi connectivity index (χ2n) is 13.4. The number of fused-ring (bicyclic) bond motifs is 2. The number of methoxy groups -OCH3 is 1. The highest BCUT2D eigenvalue weighted by Crippen LogP contribution is 2.40. The number of nitrogen functional groups attached to an aromatic ring is 1. The first kappa shape index (κ1) is 30.0. The molecule has 0 amide bonds. The number of aryl methyl sites for hydroxylation is 1. The van der Waals surface area contributed by atoms with E-state index < -0.39 is 24.5 Å². The van der Waals surface area contributed by atoms with Gasteiger partial charge in [-0.05, 0) is 56.7 Å². The SMILES string of the molecule is COCC(C)(C)c1ccc2nc(CCC3CC(N(C[C@H]4O[C@@H](N5CNc6c(N)ncnc65)[C@H](O)[C@@H]4O)C(C)C)C3)[nH]c2c1. The number of nitrogens with zero attached hydrogens (tertiary/aromatic N) is 5. The van der Waals surface area contributed by atoms with Crippen molar-refractivity contribution >= 4 is 28.4 Å². The molecule has 12 heteroatoms. The Bertz CT molecular complexity index is 1420. The van der Waals surface area contributed by atoms with Crippen LogP contribution >= 0.6 is 0 Å². The molecule has 0 bridgehead atoms. The summed E-state index contributed by atoms with van der Waals surface area (Å²) in [7, 11) is 1.74. The Hall–Kier alpha value is -3.03. The van der Waals surface area contributed by atoms with Crippen LogP contribution in [0.15, 0.2) is 24.5 Å². The molecule has 2 aliphatic heterocycles. The highest BCUT2D eigenvalue weighted by atomic mass is 16.6. The van der Waals surface area contributed by atoms with Gasteiger partial charge in [-0.2, -0.15) is 0 Å². The molecule has 2 fully saturated rings. The third-order valence-corrected chi connectivity index (χ3v) is 9.54. The summed E-state index contributed by atoms with van der Waals surface area (Å²) in [4.78, 5) is 21.0. The molecule has 6 rings (SSSR count). The highest BCUT2D eigenvalue weighted by molar-refractivity contribution is 5.80. The number of imidazole rings is 1. The number of aromatic nitrogens is 4. The lowest BCUT2D eigenvalue weighted by atomic mass is 9.76. The Labute approximate surface area is 253 Å². The fourth-order valence-corrected chi connectivity index (χ4v) is 6.95. The number of H-pyrrole nitrogens is 1. The average molecular weight is 595 g/mol. The van der Waals surface area contributed by atoms with Gasteiger partial charge >= 0.3 is 0 Å². The Morgan fingerprint density at radius 3 is 2.74 bits per heavy atom. The zero-order valence-electron chi connectivity index (χ0n) is 25.8. The molecular weight excluding hydrogens is 548 g/mol. The molecule has 1 aromatic carbocycles. The van der Waals surface area contributed by atoms with Gasteiger partial charge in [0.25, 0.3) is 0 Å². The van der Waals surface area contributed by atoms with Crippen LogP contribution in [0.5, 0.6) is 0 Å². The lowest BCUT2D eigenvalue weighted by Crippen LogP contribution is -2.52. The predicted octanol–water partition coefficient (Wildman–Crippen LogP) is 2.62. The minimum Gasteiger partial charge on any atom is -0.387 e. The fourth-order valence-electron chi connectivity index (χ4n) is 6.95. The summed E-state index contributed by atoms with van der Waals surface area (Å²) >= 11 is 0. The Morgan fingerprint density at radius 2 is 2.00 bits per heavy atom. The number of hydrogen-bond donors (Lipinski definition) is 5. The highest BCUT2D eigenvalue weighted by Gasteiger charge is 2.49. The van der Waals surface area contributed by atoms with Crippen molar-refractivity contribution < 1.29 is 19.7 Å². The summed E-state index contributed by atoms with van der Waals surface area (Å²) in [5.41, 5.74) is 9.87. The minimum atomic E-state index is -1.07. The number of benzene rings is 1. The van der Waals surface area contributed by atoms with Gasteiger partial charge in [0.15, 0.2) is 17.9 Å². The molecule has 0 unspecified atom stereocenters. The van der Waals surface area contributed by atoms with E-state index in [-0.39, 0.29) is 11.5 Å². The summed E-state index contributed by atoms with van der Waals surface area (Å²) in [6.45, 7) is 10.3. The number of nitrogens with one attached hydrogen (secondary N) is 2. The number of hydrogen-bond acceptors (Lipinski definition) is 11. The van der Waals surface area contributed by atoms with Crippen molar-refractivity contribution in [2.24, 2.45) is 5.92 Å². The van der Waals surface area contributed by atoms with Crippen LogP contribution in [0.3, 0.4) is 0 Å². The van der Waals surface area contributed by atoms with E-state index in [4.69, 9.17) is 20.2 Å². The first-order valence-corrected chi connectivity index (χ1v) is 15.4. The molecule has 0 radical (unpaired) electrons. The van der Waals surface area contributed by atoms with Crippen LogP contribution < -0.4 is 16.0 Å². The number of anilines is 3. The normalized spacial score (nSPS) is 27.2. The standard InChI is InChI=1S/C31H46N8O4/c1-17(2)38(13-23-26(40)27(41)30(43-23)39-16-35-25-28(32)33-15-34-29(25)39)20-10-18(11-20)6-9-24-36-21-8-7-19(12-22(21)37-24)31(3,4)14-42-5/h7-8,12,15,17-18,20,23,26-27,30,35,40-41H,6,9-11,13-14,16H2,1-5H3,(H,36,37)(H2,32,33,34)/t18?,20?,23-,26-,27-,30-/m1/s1. The van der Waals surface area contributed by atoms with Crippen molar-refractivity contribution in [1.29, 1.82) is 0 Å². The number of ether oxygens (including phenoxy) is 2. The molecule has 1 aliphatic carbocycles. The summed E-state index contributed by atoms with van der Waals surface area (Å²) < 4.78 is 11.7. The third-order valence-electron chi connectivity index (χ3n) is 9.54. The Balaban J connectivity index is 1.03. The van der Waals surface area contributed by atoms with Crippen LogP contribution in [-0.4, -0.2) is 98.6 Å². The molecule has 1 saturated heterocycles. The van der Waals surface area contributed by atoms with Gasteiger partial charge in [0.05, 0.1) is 24.3 Å². The van der Waals surface area contributed by atoms with Crippen molar-refractivity contribution in [3.63, 3.8) is 0 Å². The quantitative estimate of drug-likeness (QED) is 0.222. The van der Waals surface area contributed by atoms with Gasteiger partial charge in [-0.25, -0.2) is 15.0 Å². The van der Waals surface area contributed by atoms with Gasteiger partial charge in [0, 0.05) is 37.6 Å². The van der Waals surface area contributed by atoms with E-state index in [1.54, 1.807) is 12.0 Å². The van der Waals surface area contributed by atoms with Crippen LogP contribution in [0.4, 0.5) is 17.3 Å². The summed E-state index contributed by atoms with van der Waals surface area (Å²) in [5.74, 6) is 2.58. The molecule has 3 aliphatic rings. The second kappa shape index (κ2) is 11.8. The zero-order valence-corrected chi connectivity index (χ0v) is 25.8. The van der Waals surface area contributed by atoms with Crippen molar-refractivity contribution in [3.8, 4) is 0 Å².